The van der Waals surface area contributed by atoms with Gasteiger partial charge in [-0.1, -0.05) is 85.1 Å². The molecule has 0 fully saturated rings. The summed E-state index contributed by atoms with van der Waals surface area (Å²) in [6.45, 7) is 2.73. The van der Waals surface area contributed by atoms with E-state index in [9.17, 15) is 9.59 Å². The summed E-state index contributed by atoms with van der Waals surface area (Å²) >= 11 is 13.0. The van der Waals surface area contributed by atoms with Crippen LogP contribution in [0.4, 0.5) is 0 Å². The smallest absolute Gasteiger partial charge is 0.243 e. The van der Waals surface area contributed by atoms with Gasteiger partial charge in [-0.3, -0.25) is 9.59 Å². The lowest BCUT2D eigenvalue weighted by Crippen LogP contribution is -2.51. The van der Waals surface area contributed by atoms with E-state index >= 15 is 0 Å². The first kappa shape index (κ1) is 27.6. The minimum Gasteiger partial charge on any atom is -0.497 e. The number of amides is 2. The molecule has 0 saturated heterocycles. The average Bonchev–Trinajstić information content (AvgIpc) is 2.88. The van der Waals surface area contributed by atoms with Crippen LogP contribution in [0.25, 0.3) is 0 Å². The van der Waals surface area contributed by atoms with Crippen molar-refractivity contribution < 1.29 is 14.3 Å². The second-order valence-corrected chi connectivity index (χ2v) is 9.41. The van der Waals surface area contributed by atoms with Gasteiger partial charge in [0, 0.05) is 35.1 Å². The van der Waals surface area contributed by atoms with E-state index in [1.165, 1.54) is 0 Å². The molecule has 0 saturated carbocycles. The van der Waals surface area contributed by atoms with Gasteiger partial charge < -0.3 is 15.0 Å². The number of methoxy groups -OCH3 is 1. The van der Waals surface area contributed by atoms with Crippen LogP contribution in [-0.4, -0.2) is 36.4 Å². The highest BCUT2D eigenvalue weighted by Crippen LogP contribution is 2.27. The van der Waals surface area contributed by atoms with Gasteiger partial charge in [0.05, 0.1) is 13.5 Å². The van der Waals surface area contributed by atoms with Crippen molar-refractivity contribution in [3.8, 4) is 5.75 Å². The number of halogens is 2. The zero-order valence-corrected chi connectivity index (χ0v) is 22.2. The molecule has 36 heavy (non-hydrogen) atoms. The summed E-state index contributed by atoms with van der Waals surface area (Å²) < 4.78 is 5.23. The van der Waals surface area contributed by atoms with Gasteiger partial charge in [0.1, 0.15) is 11.8 Å². The number of hydrogen-bond donors (Lipinski definition) is 1. The molecule has 5 nitrogen and oxygen atoms in total. The van der Waals surface area contributed by atoms with E-state index < -0.39 is 6.04 Å². The van der Waals surface area contributed by atoms with E-state index in [-0.39, 0.29) is 24.8 Å². The Labute approximate surface area is 223 Å². The highest BCUT2D eigenvalue weighted by Gasteiger charge is 2.31. The fourth-order valence-corrected chi connectivity index (χ4v) is 4.45. The molecular formula is C29H32Cl2N2O3. The molecular weight excluding hydrogens is 495 g/mol. The maximum Gasteiger partial charge on any atom is 0.243 e. The Morgan fingerprint density at radius 1 is 0.917 bits per heavy atom. The zero-order valence-electron chi connectivity index (χ0n) is 20.7. The summed E-state index contributed by atoms with van der Waals surface area (Å²) in [6.07, 6.45) is 2.31. The number of ether oxygens (including phenoxy) is 1. The molecule has 1 N–H and O–H groups in total. The molecule has 3 aromatic rings. The van der Waals surface area contributed by atoms with Gasteiger partial charge >= 0.3 is 0 Å². The van der Waals surface area contributed by atoms with Crippen LogP contribution < -0.4 is 10.1 Å². The van der Waals surface area contributed by atoms with Crippen molar-refractivity contribution in [1.29, 1.82) is 0 Å². The second kappa shape index (κ2) is 13.9. The molecule has 0 aromatic heterocycles. The van der Waals surface area contributed by atoms with Gasteiger partial charge in [0.25, 0.3) is 0 Å². The van der Waals surface area contributed by atoms with Crippen molar-refractivity contribution in [2.24, 2.45) is 0 Å². The van der Waals surface area contributed by atoms with Crippen LogP contribution in [0.2, 0.25) is 10.0 Å². The fourth-order valence-electron chi connectivity index (χ4n) is 3.93. The van der Waals surface area contributed by atoms with Gasteiger partial charge in [-0.15, -0.1) is 0 Å². The van der Waals surface area contributed by atoms with Crippen LogP contribution in [-0.2, 0) is 29.0 Å². The third-order valence-electron chi connectivity index (χ3n) is 6.01. The van der Waals surface area contributed by atoms with Crippen LogP contribution in [0.3, 0.4) is 0 Å². The topological polar surface area (TPSA) is 58.6 Å². The fraction of sp³-hybridized carbons (Fsp3) is 0.310. The summed E-state index contributed by atoms with van der Waals surface area (Å²) in [6, 6.07) is 21.5. The van der Waals surface area contributed by atoms with Crippen LogP contribution in [0.15, 0.2) is 72.8 Å². The highest BCUT2D eigenvalue weighted by molar-refractivity contribution is 6.36. The Kier molecular flexibility index (Phi) is 10.6. The first-order valence-corrected chi connectivity index (χ1v) is 12.9. The lowest BCUT2D eigenvalue weighted by molar-refractivity contribution is -0.140. The minimum absolute atomic E-state index is 0.117. The normalized spacial score (nSPS) is 11.6. The predicted octanol–water partition coefficient (Wildman–Crippen LogP) is 6.10. The maximum absolute atomic E-state index is 13.8. The lowest BCUT2D eigenvalue weighted by Gasteiger charge is -2.32. The number of benzene rings is 3. The van der Waals surface area contributed by atoms with Crippen molar-refractivity contribution in [3.63, 3.8) is 0 Å². The first-order valence-electron chi connectivity index (χ1n) is 12.1. The molecule has 0 aliphatic heterocycles. The molecule has 190 valence electrons. The molecule has 0 aliphatic carbocycles. The first-order chi connectivity index (χ1) is 17.4. The number of unbranched alkanes of at least 4 members (excludes halogenated alkanes) is 1. The Balaban J connectivity index is 1.97. The largest absolute Gasteiger partial charge is 0.497 e. The molecule has 2 amide bonds. The maximum atomic E-state index is 13.8. The number of nitrogens with zero attached hydrogens (tertiary/aromatic N) is 1. The minimum atomic E-state index is -0.734. The summed E-state index contributed by atoms with van der Waals surface area (Å²) in [5.74, 6) is 0.324. The molecule has 0 radical (unpaired) electrons. The van der Waals surface area contributed by atoms with Crippen molar-refractivity contribution >= 4 is 35.0 Å². The van der Waals surface area contributed by atoms with Gasteiger partial charge in [0.2, 0.25) is 11.8 Å². The van der Waals surface area contributed by atoms with Crippen molar-refractivity contribution in [3.05, 3.63) is 99.5 Å². The van der Waals surface area contributed by atoms with E-state index in [1.807, 2.05) is 54.6 Å². The summed E-state index contributed by atoms with van der Waals surface area (Å²) in [5, 5.41) is 3.92. The quantitative estimate of drug-likeness (QED) is 0.290. The van der Waals surface area contributed by atoms with Crippen molar-refractivity contribution in [1.82, 2.24) is 10.2 Å². The standard InChI is InChI=1S/C29H32Cl2N2O3/c1-3-4-17-32-29(35)27(18-21-9-6-5-7-10-21)33(20-24-25(30)11-8-12-26(24)31)28(34)19-22-13-15-23(36-2)16-14-22/h5-16,27H,3-4,17-20H2,1-2H3,(H,32,35). The number of hydrogen-bond acceptors (Lipinski definition) is 3. The van der Waals surface area contributed by atoms with Gasteiger partial charge in [-0.25, -0.2) is 0 Å². The van der Waals surface area contributed by atoms with Crippen molar-refractivity contribution in [2.45, 2.75) is 45.2 Å². The molecule has 3 rings (SSSR count). The van der Waals surface area contributed by atoms with Crippen molar-refractivity contribution in [2.75, 3.05) is 13.7 Å². The molecule has 0 heterocycles. The van der Waals surface area contributed by atoms with Gasteiger partial charge in [0.15, 0.2) is 0 Å². The van der Waals surface area contributed by atoms with Crippen LogP contribution >= 0.6 is 23.2 Å². The van der Waals surface area contributed by atoms with Crippen LogP contribution in [0.1, 0.15) is 36.5 Å². The monoisotopic (exact) mass is 526 g/mol. The third kappa shape index (κ3) is 7.74. The Morgan fingerprint density at radius 2 is 1.58 bits per heavy atom. The van der Waals surface area contributed by atoms with E-state index in [4.69, 9.17) is 27.9 Å². The van der Waals surface area contributed by atoms with Gasteiger partial charge in [-0.2, -0.15) is 0 Å². The highest BCUT2D eigenvalue weighted by atomic mass is 35.5. The number of rotatable bonds is 12. The Morgan fingerprint density at radius 3 is 2.19 bits per heavy atom. The molecule has 3 aromatic carbocycles. The van der Waals surface area contributed by atoms with Crippen LogP contribution in [0.5, 0.6) is 5.75 Å². The number of nitrogens with one attached hydrogen (secondary N) is 1. The van der Waals surface area contributed by atoms with Gasteiger partial charge in [-0.05, 0) is 41.8 Å². The Hall–Kier alpha value is -3.02. The molecule has 7 heteroatoms. The summed E-state index contributed by atoms with van der Waals surface area (Å²) in [4.78, 5) is 28.9. The predicted molar refractivity (Wildman–Crippen MR) is 146 cm³/mol. The second-order valence-electron chi connectivity index (χ2n) is 8.60. The van der Waals surface area contributed by atoms with Crippen LogP contribution in [0, 0.1) is 0 Å². The molecule has 0 spiro atoms. The molecule has 1 atom stereocenters. The van der Waals surface area contributed by atoms with E-state index in [0.717, 1.165) is 24.0 Å². The summed E-state index contributed by atoms with van der Waals surface area (Å²) in [5.41, 5.74) is 2.39. The molecule has 0 aliphatic rings. The third-order valence-corrected chi connectivity index (χ3v) is 6.71. The molecule has 1 unspecified atom stereocenters. The Bertz CT molecular complexity index is 1120. The summed E-state index contributed by atoms with van der Waals surface area (Å²) in [7, 11) is 1.60. The molecule has 0 bridgehead atoms. The van der Waals surface area contributed by atoms with E-state index in [2.05, 4.69) is 12.2 Å². The average molecular weight is 527 g/mol. The van der Waals surface area contributed by atoms with E-state index in [0.29, 0.717) is 34.3 Å². The SMILES string of the molecule is CCCCNC(=O)C(Cc1ccccc1)N(Cc1c(Cl)cccc1Cl)C(=O)Cc1ccc(OC)cc1. The number of carbonyl (C=O) groups excluding carboxylic acids is 2. The van der Waals surface area contributed by atoms with E-state index in [1.54, 1.807) is 30.2 Å². The lowest BCUT2D eigenvalue weighted by atomic mass is 10.0. The number of carbonyl (C=O) groups is 2. The zero-order chi connectivity index (χ0) is 25.9.